The number of benzene rings is 3. The highest BCUT2D eigenvalue weighted by molar-refractivity contribution is 9.10. The summed E-state index contributed by atoms with van der Waals surface area (Å²) < 4.78 is 22.1. The van der Waals surface area contributed by atoms with Gasteiger partial charge in [-0.3, -0.25) is 9.36 Å². The predicted octanol–water partition coefficient (Wildman–Crippen LogP) is 5.14. The zero-order valence-electron chi connectivity index (χ0n) is 22.3. The molecule has 0 aliphatic carbocycles. The fourth-order valence-electron chi connectivity index (χ4n) is 4.42. The monoisotopic (exact) mass is 619 g/mol. The summed E-state index contributed by atoms with van der Waals surface area (Å²) in [6.45, 7) is -0.110. The number of nitrogens with one attached hydrogen (secondary N) is 2. The molecule has 9 nitrogen and oxygen atoms in total. The van der Waals surface area contributed by atoms with Gasteiger partial charge in [0.1, 0.15) is 29.1 Å². The van der Waals surface area contributed by atoms with E-state index in [1.165, 1.54) is 21.7 Å². The summed E-state index contributed by atoms with van der Waals surface area (Å²) in [5.74, 6) is -0.0442. The zero-order valence-corrected chi connectivity index (χ0v) is 23.9. The van der Waals surface area contributed by atoms with Crippen LogP contribution in [0.5, 0.6) is 11.6 Å². The number of imidazole rings is 2. The molecule has 1 amide bonds. The van der Waals surface area contributed by atoms with Crippen molar-refractivity contribution in [3.63, 3.8) is 0 Å². The second-order valence-corrected chi connectivity index (χ2v) is 10.5. The Kier molecular flexibility index (Phi) is 8.06. The summed E-state index contributed by atoms with van der Waals surface area (Å²) in [5.41, 5.74) is 1.90. The van der Waals surface area contributed by atoms with Crippen LogP contribution in [-0.4, -0.2) is 56.1 Å². The highest BCUT2D eigenvalue weighted by atomic mass is 79.9. The molecule has 0 bridgehead atoms. The molecule has 0 radical (unpaired) electrons. The molecule has 0 aliphatic heterocycles. The van der Waals surface area contributed by atoms with Crippen LogP contribution in [0, 0.1) is 5.82 Å². The van der Waals surface area contributed by atoms with E-state index >= 15 is 0 Å². The highest BCUT2D eigenvalue weighted by Gasteiger charge is 2.26. The third-order valence-electron chi connectivity index (χ3n) is 6.62. The number of ether oxygens (including phenoxy) is 1. The van der Waals surface area contributed by atoms with Gasteiger partial charge in [-0.2, -0.15) is 0 Å². The molecule has 0 spiro atoms. The Balaban J connectivity index is 1.50. The van der Waals surface area contributed by atoms with Gasteiger partial charge in [0.05, 0.1) is 11.9 Å². The van der Waals surface area contributed by atoms with Crippen LogP contribution in [0.4, 0.5) is 4.39 Å². The van der Waals surface area contributed by atoms with E-state index in [9.17, 15) is 19.1 Å². The van der Waals surface area contributed by atoms with Crippen LogP contribution in [0.3, 0.4) is 0 Å². The van der Waals surface area contributed by atoms with E-state index in [4.69, 9.17) is 4.74 Å². The van der Waals surface area contributed by atoms with Gasteiger partial charge in [0, 0.05) is 36.1 Å². The molecular formula is C30H27BrFN5O4. The van der Waals surface area contributed by atoms with E-state index in [2.05, 4.69) is 30.9 Å². The average Bonchev–Trinajstić information content (AvgIpc) is 3.55. The van der Waals surface area contributed by atoms with Gasteiger partial charge in [0.25, 0.3) is 5.91 Å². The topological polar surface area (TPSA) is 116 Å². The van der Waals surface area contributed by atoms with Gasteiger partial charge in [-0.1, -0.05) is 46.3 Å². The van der Waals surface area contributed by atoms with Crippen LogP contribution in [0.25, 0.3) is 22.5 Å². The van der Waals surface area contributed by atoms with E-state index in [0.29, 0.717) is 39.3 Å². The van der Waals surface area contributed by atoms with E-state index in [0.717, 1.165) is 5.56 Å². The van der Waals surface area contributed by atoms with Gasteiger partial charge in [-0.15, -0.1) is 0 Å². The van der Waals surface area contributed by atoms with Crippen LogP contribution >= 0.6 is 15.9 Å². The molecule has 210 valence electrons. The maximum Gasteiger partial charge on any atom is 0.329 e. The van der Waals surface area contributed by atoms with Gasteiger partial charge in [0.2, 0.25) is 5.88 Å². The maximum atomic E-state index is 14.7. The minimum Gasteiger partial charge on any atom is -0.493 e. The third-order valence-corrected chi connectivity index (χ3v) is 7.12. The largest absolute Gasteiger partial charge is 0.493 e. The standard InChI is InChI=1S/C30H27BrFN5O4/c1-36(2)26(38)17-41-21-11-8-19(9-12-21)27-29(39)37(30(40)35-27)25(14-18-6-4-3-5-7-18)28-33-16-24(34-28)22-13-10-20(31)15-23(22)32/h3-13,15-16,25,39H,14,17H2,1-2H3,(H,33,34)(H,35,40)/t25-/m0/s1. The van der Waals surface area contributed by atoms with Gasteiger partial charge in [-0.05, 0) is 48.0 Å². The van der Waals surface area contributed by atoms with Crippen LogP contribution < -0.4 is 10.4 Å². The van der Waals surface area contributed by atoms with Gasteiger partial charge < -0.3 is 24.7 Å². The van der Waals surface area contributed by atoms with Crippen molar-refractivity contribution in [2.24, 2.45) is 0 Å². The lowest BCUT2D eigenvalue weighted by Crippen LogP contribution is -2.27. The Labute approximate surface area is 243 Å². The maximum absolute atomic E-state index is 14.7. The van der Waals surface area contributed by atoms with Crippen molar-refractivity contribution in [1.82, 2.24) is 24.4 Å². The minimum absolute atomic E-state index is 0.110. The molecule has 0 fully saturated rings. The lowest BCUT2D eigenvalue weighted by molar-refractivity contribution is -0.130. The predicted molar refractivity (Wildman–Crippen MR) is 156 cm³/mol. The number of amides is 1. The molecule has 5 rings (SSSR count). The number of aromatic nitrogens is 4. The molecule has 1 atom stereocenters. The molecule has 0 aliphatic rings. The van der Waals surface area contributed by atoms with Crippen molar-refractivity contribution < 1.29 is 19.0 Å². The Bertz CT molecular complexity index is 1730. The first-order valence-electron chi connectivity index (χ1n) is 12.7. The quantitative estimate of drug-likeness (QED) is 0.211. The van der Waals surface area contributed by atoms with Gasteiger partial charge >= 0.3 is 5.69 Å². The molecule has 11 heteroatoms. The van der Waals surface area contributed by atoms with Crippen molar-refractivity contribution in [1.29, 1.82) is 0 Å². The number of hydrogen-bond donors (Lipinski definition) is 3. The normalized spacial score (nSPS) is 11.8. The number of nitrogens with zero attached hydrogens (tertiary/aromatic N) is 3. The Hall–Kier alpha value is -4.64. The number of carbonyl (C=O) groups excluding carboxylic acids is 1. The van der Waals surface area contributed by atoms with Crippen LogP contribution in [0.15, 0.2) is 88.3 Å². The highest BCUT2D eigenvalue weighted by Crippen LogP contribution is 2.33. The molecule has 2 aromatic heterocycles. The van der Waals surface area contributed by atoms with Crippen molar-refractivity contribution in [2.75, 3.05) is 20.7 Å². The smallest absolute Gasteiger partial charge is 0.329 e. The summed E-state index contributed by atoms with van der Waals surface area (Å²) in [6, 6.07) is 20.1. The lowest BCUT2D eigenvalue weighted by Gasteiger charge is -2.17. The minimum atomic E-state index is -0.734. The number of carbonyl (C=O) groups is 1. The molecule has 0 saturated heterocycles. The van der Waals surface area contributed by atoms with Crippen molar-refractivity contribution in [3.8, 4) is 34.1 Å². The number of likely N-dealkylation sites (N-methyl/N-ethyl adjacent to an activating group) is 1. The molecule has 2 heterocycles. The molecule has 5 aromatic rings. The fourth-order valence-corrected chi connectivity index (χ4v) is 4.75. The van der Waals surface area contributed by atoms with Crippen molar-refractivity contribution in [2.45, 2.75) is 12.5 Å². The number of hydrogen-bond acceptors (Lipinski definition) is 5. The van der Waals surface area contributed by atoms with Crippen LogP contribution in [-0.2, 0) is 11.2 Å². The Morgan fingerprint density at radius 3 is 2.51 bits per heavy atom. The van der Waals surface area contributed by atoms with Crippen LogP contribution in [0.2, 0.25) is 0 Å². The van der Waals surface area contributed by atoms with E-state index in [1.54, 1.807) is 50.5 Å². The number of aromatic amines is 2. The summed E-state index contributed by atoms with van der Waals surface area (Å²) in [4.78, 5) is 36.9. The van der Waals surface area contributed by atoms with Crippen molar-refractivity contribution >= 4 is 21.8 Å². The Morgan fingerprint density at radius 2 is 1.83 bits per heavy atom. The number of halogens is 2. The summed E-state index contributed by atoms with van der Waals surface area (Å²) in [5, 5.41) is 11.3. The first-order chi connectivity index (χ1) is 19.7. The van der Waals surface area contributed by atoms with Gasteiger partial charge in [-0.25, -0.2) is 14.2 Å². The SMILES string of the molecule is CN(C)C(=O)COc1ccc(-c2[nH]c(=O)n([C@@H](Cc3ccccc3)c3ncc(-c4ccc(Br)cc4F)[nH]3)c2O)cc1. The molecular weight excluding hydrogens is 593 g/mol. The number of H-pyrrole nitrogens is 2. The second-order valence-electron chi connectivity index (χ2n) is 9.61. The summed E-state index contributed by atoms with van der Waals surface area (Å²) >= 11 is 3.27. The van der Waals surface area contributed by atoms with E-state index in [-0.39, 0.29) is 24.1 Å². The first kappa shape index (κ1) is 27.9. The Morgan fingerprint density at radius 1 is 1.10 bits per heavy atom. The zero-order chi connectivity index (χ0) is 29.1. The van der Waals surface area contributed by atoms with Crippen LogP contribution in [0.1, 0.15) is 17.4 Å². The fraction of sp³-hybridized carbons (Fsp3) is 0.167. The van der Waals surface area contributed by atoms with E-state index < -0.39 is 17.5 Å². The summed E-state index contributed by atoms with van der Waals surface area (Å²) in [7, 11) is 3.29. The van der Waals surface area contributed by atoms with Gasteiger partial charge in [0.15, 0.2) is 6.61 Å². The molecule has 0 saturated carbocycles. The molecule has 3 aromatic carbocycles. The first-order valence-corrected chi connectivity index (χ1v) is 13.5. The third kappa shape index (κ3) is 6.09. The lowest BCUT2D eigenvalue weighted by atomic mass is 10.0. The summed E-state index contributed by atoms with van der Waals surface area (Å²) in [6.07, 6.45) is 1.84. The number of rotatable bonds is 9. The van der Waals surface area contributed by atoms with Crippen molar-refractivity contribution in [3.05, 3.63) is 111 Å². The van der Waals surface area contributed by atoms with E-state index in [1.807, 2.05) is 30.3 Å². The molecule has 0 unspecified atom stereocenters. The molecule has 41 heavy (non-hydrogen) atoms. The second kappa shape index (κ2) is 11.8. The molecule has 3 N–H and O–H groups in total. The number of aromatic hydroxyl groups is 1. The average molecular weight is 620 g/mol.